The number of carbonyl (C=O) groups excluding carboxylic acids is 1. The Bertz CT molecular complexity index is 575. The Morgan fingerprint density at radius 3 is 2.95 bits per heavy atom. The molecule has 0 radical (unpaired) electrons. The molecule has 2 aromatic rings. The third-order valence-electron chi connectivity index (χ3n) is 2.69. The molecule has 0 aliphatic rings. The van der Waals surface area contributed by atoms with Crippen LogP contribution in [-0.4, -0.2) is 44.1 Å². The summed E-state index contributed by atoms with van der Waals surface area (Å²) in [7, 11) is 1.75. The SMILES string of the molecule is CCN(C)C(=O)c1cnc(-n2ncnc2C(C)N)s1. The number of amides is 1. The summed E-state index contributed by atoms with van der Waals surface area (Å²) >= 11 is 1.28. The quantitative estimate of drug-likeness (QED) is 0.896. The van der Waals surface area contributed by atoms with E-state index in [1.54, 1.807) is 22.8 Å². The van der Waals surface area contributed by atoms with Gasteiger partial charge in [0.1, 0.15) is 11.2 Å². The fourth-order valence-corrected chi connectivity index (χ4v) is 2.38. The van der Waals surface area contributed by atoms with Gasteiger partial charge in [0.05, 0.1) is 12.2 Å². The highest BCUT2D eigenvalue weighted by Gasteiger charge is 2.18. The van der Waals surface area contributed by atoms with E-state index in [0.29, 0.717) is 22.4 Å². The van der Waals surface area contributed by atoms with Crippen LogP contribution in [0.3, 0.4) is 0 Å². The predicted molar refractivity (Wildman–Crippen MR) is 72.3 cm³/mol. The summed E-state index contributed by atoms with van der Waals surface area (Å²) in [6, 6.07) is -0.246. The highest BCUT2D eigenvalue weighted by Crippen LogP contribution is 2.20. The maximum absolute atomic E-state index is 12.0. The smallest absolute Gasteiger partial charge is 0.265 e. The lowest BCUT2D eigenvalue weighted by atomic mass is 10.3. The van der Waals surface area contributed by atoms with Crippen molar-refractivity contribution in [1.29, 1.82) is 0 Å². The summed E-state index contributed by atoms with van der Waals surface area (Å²) in [5.74, 6) is 0.575. The third-order valence-corrected chi connectivity index (χ3v) is 3.65. The van der Waals surface area contributed by atoms with Gasteiger partial charge in [-0.3, -0.25) is 4.79 Å². The van der Waals surface area contributed by atoms with Crippen LogP contribution in [0.2, 0.25) is 0 Å². The molecule has 2 N–H and O–H groups in total. The number of carbonyl (C=O) groups is 1. The van der Waals surface area contributed by atoms with E-state index in [9.17, 15) is 4.79 Å². The maximum atomic E-state index is 12.0. The van der Waals surface area contributed by atoms with E-state index in [4.69, 9.17) is 5.73 Å². The summed E-state index contributed by atoms with van der Waals surface area (Å²) in [4.78, 5) is 22.5. The first kappa shape index (κ1) is 13.6. The van der Waals surface area contributed by atoms with Crippen molar-refractivity contribution < 1.29 is 4.79 Å². The number of nitrogens with two attached hydrogens (primary N) is 1. The van der Waals surface area contributed by atoms with Crippen molar-refractivity contribution in [2.75, 3.05) is 13.6 Å². The van der Waals surface area contributed by atoms with E-state index >= 15 is 0 Å². The lowest BCUT2D eigenvalue weighted by Crippen LogP contribution is -2.25. The summed E-state index contributed by atoms with van der Waals surface area (Å²) in [5, 5.41) is 4.69. The van der Waals surface area contributed by atoms with E-state index in [1.165, 1.54) is 17.7 Å². The Balaban J connectivity index is 2.31. The summed E-state index contributed by atoms with van der Waals surface area (Å²) in [6.07, 6.45) is 2.99. The minimum absolute atomic E-state index is 0.0475. The zero-order valence-corrected chi connectivity index (χ0v) is 11.9. The van der Waals surface area contributed by atoms with Crippen molar-refractivity contribution in [3.63, 3.8) is 0 Å². The zero-order valence-electron chi connectivity index (χ0n) is 11.1. The van der Waals surface area contributed by atoms with Crippen LogP contribution in [0.5, 0.6) is 0 Å². The van der Waals surface area contributed by atoms with Gasteiger partial charge < -0.3 is 10.6 Å². The first-order valence-electron chi connectivity index (χ1n) is 5.91. The average Bonchev–Trinajstić information content (AvgIpc) is 3.04. The van der Waals surface area contributed by atoms with Crippen LogP contribution in [0.4, 0.5) is 0 Å². The third kappa shape index (κ3) is 2.64. The number of hydrogen-bond acceptors (Lipinski definition) is 6. The van der Waals surface area contributed by atoms with Crippen molar-refractivity contribution in [3.05, 3.63) is 23.2 Å². The van der Waals surface area contributed by atoms with Gasteiger partial charge in [0.15, 0.2) is 5.82 Å². The zero-order chi connectivity index (χ0) is 14.0. The molecule has 1 unspecified atom stereocenters. The highest BCUT2D eigenvalue weighted by molar-refractivity contribution is 7.16. The predicted octanol–water partition coefficient (Wildman–Crippen LogP) is 0.835. The lowest BCUT2D eigenvalue weighted by Gasteiger charge is -2.11. The van der Waals surface area contributed by atoms with Crippen molar-refractivity contribution in [2.45, 2.75) is 19.9 Å². The lowest BCUT2D eigenvalue weighted by molar-refractivity contribution is 0.0807. The molecule has 0 aliphatic heterocycles. The Morgan fingerprint density at radius 2 is 2.32 bits per heavy atom. The topological polar surface area (TPSA) is 89.9 Å². The Labute approximate surface area is 115 Å². The molecule has 1 amide bonds. The average molecular weight is 280 g/mol. The molecule has 102 valence electrons. The molecular weight excluding hydrogens is 264 g/mol. The molecule has 2 heterocycles. The second-order valence-corrected chi connectivity index (χ2v) is 5.15. The van der Waals surface area contributed by atoms with E-state index in [0.717, 1.165) is 0 Å². The second kappa shape index (κ2) is 5.45. The van der Waals surface area contributed by atoms with E-state index < -0.39 is 0 Å². The van der Waals surface area contributed by atoms with E-state index in [-0.39, 0.29) is 11.9 Å². The molecule has 0 saturated carbocycles. The molecule has 0 saturated heterocycles. The number of hydrogen-bond donors (Lipinski definition) is 1. The van der Waals surface area contributed by atoms with Crippen molar-refractivity contribution in [1.82, 2.24) is 24.6 Å². The molecule has 0 spiro atoms. The van der Waals surface area contributed by atoms with E-state index in [1.807, 2.05) is 13.8 Å². The second-order valence-electron chi connectivity index (χ2n) is 4.15. The number of nitrogens with zero attached hydrogens (tertiary/aromatic N) is 5. The van der Waals surface area contributed by atoms with Gasteiger partial charge >= 0.3 is 0 Å². The normalized spacial score (nSPS) is 12.4. The van der Waals surface area contributed by atoms with Gasteiger partial charge in [-0.2, -0.15) is 9.78 Å². The molecule has 2 aromatic heterocycles. The van der Waals surface area contributed by atoms with Gasteiger partial charge in [-0.15, -0.1) is 0 Å². The fourth-order valence-electron chi connectivity index (χ4n) is 1.50. The summed E-state index contributed by atoms with van der Waals surface area (Å²) in [5.41, 5.74) is 5.81. The molecule has 0 aromatic carbocycles. The van der Waals surface area contributed by atoms with Gasteiger partial charge in [-0.05, 0) is 13.8 Å². The van der Waals surface area contributed by atoms with Crippen molar-refractivity contribution in [3.8, 4) is 5.13 Å². The minimum atomic E-state index is -0.246. The molecule has 7 nitrogen and oxygen atoms in total. The number of thiazole rings is 1. The highest BCUT2D eigenvalue weighted by atomic mass is 32.1. The van der Waals surface area contributed by atoms with Crippen LogP contribution in [-0.2, 0) is 0 Å². The van der Waals surface area contributed by atoms with Crippen LogP contribution in [0.25, 0.3) is 5.13 Å². The van der Waals surface area contributed by atoms with Crippen molar-refractivity contribution >= 4 is 17.2 Å². The molecule has 19 heavy (non-hydrogen) atoms. The first-order chi connectivity index (χ1) is 9.04. The standard InChI is InChI=1S/C11H16N6OS/c1-4-16(3)10(18)8-5-13-11(19-8)17-9(7(2)12)14-6-15-17/h5-7H,4,12H2,1-3H3. The monoisotopic (exact) mass is 280 g/mol. The molecule has 2 rings (SSSR count). The van der Waals surface area contributed by atoms with Gasteiger partial charge in [0.2, 0.25) is 5.13 Å². The summed E-state index contributed by atoms with van der Waals surface area (Å²) < 4.78 is 1.57. The van der Waals surface area contributed by atoms with Gasteiger partial charge in [-0.25, -0.2) is 9.97 Å². The molecule has 0 fully saturated rings. The number of rotatable bonds is 4. The fraction of sp³-hybridized carbons (Fsp3) is 0.455. The summed E-state index contributed by atoms with van der Waals surface area (Å²) in [6.45, 7) is 4.40. The van der Waals surface area contributed by atoms with Crippen LogP contribution in [0, 0.1) is 0 Å². The Hall–Kier alpha value is -1.80. The molecule has 8 heteroatoms. The van der Waals surface area contributed by atoms with Gasteiger partial charge in [0.25, 0.3) is 5.91 Å². The van der Waals surface area contributed by atoms with Gasteiger partial charge in [0, 0.05) is 13.6 Å². The van der Waals surface area contributed by atoms with E-state index in [2.05, 4.69) is 15.1 Å². The largest absolute Gasteiger partial charge is 0.341 e. The van der Waals surface area contributed by atoms with Crippen molar-refractivity contribution in [2.24, 2.45) is 5.73 Å². The molecular formula is C11H16N6OS. The first-order valence-corrected chi connectivity index (χ1v) is 6.73. The van der Waals surface area contributed by atoms with Crippen LogP contribution >= 0.6 is 11.3 Å². The number of aromatic nitrogens is 4. The Kier molecular flexibility index (Phi) is 3.91. The maximum Gasteiger partial charge on any atom is 0.265 e. The van der Waals surface area contributed by atoms with Gasteiger partial charge in [-0.1, -0.05) is 11.3 Å². The van der Waals surface area contributed by atoms with Crippen LogP contribution in [0.1, 0.15) is 35.4 Å². The van der Waals surface area contributed by atoms with Crippen LogP contribution < -0.4 is 5.73 Å². The minimum Gasteiger partial charge on any atom is -0.341 e. The Morgan fingerprint density at radius 1 is 1.58 bits per heavy atom. The van der Waals surface area contributed by atoms with Crippen LogP contribution in [0.15, 0.2) is 12.5 Å². The molecule has 1 atom stereocenters. The molecule has 0 aliphatic carbocycles. The molecule has 0 bridgehead atoms.